The zero-order valence-electron chi connectivity index (χ0n) is 8.40. The molecule has 0 aliphatic heterocycles. The lowest BCUT2D eigenvalue weighted by molar-refractivity contribution is -0.135. The molecule has 0 aliphatic rings. The number of halogens is 1. The largest absolute Gasteiger partial charge is 1.00 e. The minimum Gasteiger partial charge on any atom is -1.00 e. The quantitative estimate of drug-likeness (QED) is 0.433. The molecule has 84 valence electrons. The highest BCUT2D eigenvalue weighted by atomic mass is 35.5. The Kier molecular flexibility index (Phi) is 4.77. The topological polar surface area (TPSA) is 69.0 Å². The van der Waals surface area contributed by atoms with Crippen LogP contribution < -0.4 is 17.8 Å². The standard InChI is InChI=1S/C9H11NO3S.ClH/c1-13-9(10)7-3-5-8(6-4-7)14(2,11)12;/h3-6,10H,1-2H3;1H. The van der Waals surface area contributed by atoms with Gasteiger partial charge in [-0.1, -0.05) is 0 Å². The molecule has 0 heterocycles. The molecule has 1 aromatic rings. The maximum atomic E-state index is 11.1. The van der Waals surface area contributed by atoms with Crippen molar-refractivity contribution in [3.63, 3.8) is 0 Å². The van der Waals surface area contributed by atoms with Gasteiger partial charge in [-0.25, -0.2) is 13.8 Å². The van der Waals surface area contributed by atoms with E-state index in [4.69, 9.17) is 10.1 Å². The van der Waals surface area contributed by atoms with Gasteiger partial charge in [0.25, 0.3) is 0 Å². The molecule has 0 saturated heterocycles. The van der Waals surface area contributed by atoms with E-state index in [9.17, 15) is 8.42 Å². The molecule has 0 spiro atoms. The van der Waals surface area contributed by atoms with Crippen LogP contribution in [0, 0.1) is 0 Å². The third kappa shape index (κ3) is 3.53. The van der Waals surface area contributed by atoms with Crippen LogP contribution in [0.25, 0.3) is 0 Å². The van der Waals surface area contributed by atoms with Crippen LogP contribution in [0.2, 0.25) is 0 Å². The lowest BCUT2D eigenvalue weighted by Gasteiger charge is -1.99. The second-order valence-corrected chi connectivity index (χ2v) is 4.88. The second-order valence-electron chi connectivity index (χ2n) is 2.86. The fraction of sp³-hybridized carbons (Fsp3) is 0.222. The monoisotopic (exact) mass is 249 g/mol. The maximum Gasteiger partial charge on any atom is 0.366 e. The zero-order valence-corrected chi connectivity index (χ0v) is 9.97. The van der Waals surface area contributed by atoms with Crippen LogP contribution in [0.15, 0.2) is 29.2 Å². The van der Waals surface area contributed by atoms with Crippen molar-refractivity contribution in [1.29, 1.82) is 0 Å². The summed E-state index contributed by atoms with van der Waals surface area (Å²) in [6.45, 7) is 0. The summed E-state index contributed by atoms with van der Waals surface area (Å²) < 4.78 is 27.0. The van der Waals surface area contributed by atoms with Crippen LogP contribution in [0.1, 0.15) is 5.56 Å². The molecule has 0 aliphatic carbocycles. The van der Waals surface area contributed by atoms with Crippen LogP contribution in [0.5, 0.6) is 0 Å². The third-order valence-electron chi connectivity index (χ3n) is 1.79. The summed E-state index contributed by atoms with van der Waals surface area (Å²) in [6, 6.07) is 6.21. The molecule has 4 nitrogen and oxygen atoms in total. The fourth-order valence-electron chi connectivity index (χ4n) is 0.984. The predicted octanol–water partition coefficient (Wildman–Crippen LogP) is -3.75. The molecule has 2 N–H and O–H groups in total. The molecule has 0 atom stereocenters. The predicted molar refractivity (Wildman–Crippen MR) is 52.6 cm³/mol. The summed E-state index contributed by atoms with van der Waals surface area (Å²) in [5, 5.41) is 5.50. The summed E-state index contributed by atoms with van der Waals surface area (Å²) in [7, 11) is -1.68. The van der Waals surface area contributed by atoms with Gasteiger partial charge in [-0.2, -0.15) is 0 Å². The van der Waals surface area contributed by atoms with E-state index in [2.05, 4.69) is 0 Å². The van der Waals surface area contributed by atoms with E-state index >= 15 is 0 Å². The van der Waals surface area contributed by atoms with E-state index in [1.807, 2.05) is 0 Å². The van der Waals surface area contributed by atoms with Crippen molar-refractivity contribution < 1.29 is 31.0 Å². The van der Waals surface area contributed by atoms with Gasteiger partial charge < -0.3 is 17.1 Å². The second kappa shape index (κ2) is 5.14. The number of hydrogen-bond acceptors (Lipinski definition) is 3. The van der Waals surface area contributed by atoms with Crippen molar-refractivity contribution in [3.05, 3.63) is 29.8 Å². The average Bonchev–Trinajstić information content (AvgIpc) is 2.15. The van der Waals surface area contributed by atoms with Gasteiger partial charge in [-0.3, -0.25) is 0 Å². The van der Waals surface area contributed by atoms with Crippen LogP contribution in [0.3, 0.4) is 0 Å². The molecule has 6 heteroatoms. The first-order valence-electron chi connectivity index (χ1n) is 3.92. The molecular weight excluding hydrogens is 238 g/mol. The number of hydrogen-bond donors (Lipinski definition) is 1. The van der Waals surface area contributed by atoms with E-state index < -0.39 is 9.84 Å². The smallest absolute Gasteiger partial charge is 0.366 e. The van der Waals surface area contributed by atoms with Gasteiger partial charge in [0.1, 0.15) is 0 Å². The Bertz CT molecular complexity index is 439. The van der Waals surface area contributed by atoms with E-state index in [0.717, 1.165) is 6.26 Å². The number of methoxy groups -OCH3 is 1. The minimum absolute atomic E-state index is 0. The van der Waals surface area contributed by atoms with E-state index in [1.54, 1.807) is 12.1 Å². The van der Waals surface area contributed by atoms with Crippen LogP contribution in [-0.4, -0.2) is 27.7 Å². The van der Waals surface area contributed by atoms with Crippen LogP contribution >= 0.6 is 0 Å². The fourth-order valence-corrected chi connectivity index (χ4v) is 1.61. The molecule has 1 rings (SSSR count). The highest BCUT2D eigenvalue weighted by Gasteiger charge is 2.10. The van der Waals surface area contributed by atoms with Gasteiger partial charge >= 0.3 is 5.90 Å². The molecule has 1 aromatic carbocycles. The summed E-state index contributed by atoms with van der Waals surface area (Å²) >= 11 is 0. The number of nitrogens with two attached hydrogens (primary N) is 1. The number of sulfone groups is 1. The Morgan fingerprint density at radius 2 is 1.73 bits per heavy atom. The molecule has 0 fully saturated rings. The normalized spacial score (nSPS) is 10.3. The maximum absolute atomic E-state index is 11.1. The Balaban J connectivity index is 0.00000196. The van der Waals surface area contributed by atoms with Crippen molar-refractivity contribution >= 4 is 15.7 Å². The third-order valence-corrected chi connectivity index (χ3v) is 2.92. The lowest BCUT2D eigenvalue weighted by Crippen LogP contribution is -3.00. The van der Waals surface area contributed by atoms with E-state index in [1.165, 1.54) is 19.2 Å². The Morgan fingerprint density at radius 3 is 2.07 bits per heavy atom. The summed E-state index contributed by atoms with van der Waals surface area (Å²) in [6.07, 6.45) is 1.16. The summed E-state index contributed by atoms with van der Waals surface area (Å²) in [4.78, 5) is 0.269. The van der Waals surface area contributed by atoms with E-state index in [0.29, 0.717) is 5.56 Å². The number of ether oxygens (including phenoxy) is 1. The van der Waals surface area contributed by atoms with Gasteiger partial charge in [-0.15, -0.1) is 0 Å². The van der Waals surface area contributed by atoms with Crippen LogP contribution in [-0.2, 0) is 14.6 Å². The van der Waals surface area contributed by atoms with Gasteiger partial charge in [0.05, 0.1) is 17.6 Å². The molecule has 0 aromatic heterocycles. The molecule has 0 radical (unpaired) electrons. The first-order chi connectivity index (χ1) is 6.45. The van der Waals surface area contributed by atoms with Gasteiger partial charge in [0, 0.05) is 6.26 Å². The number of rotatable bonds is 2. The molecule has 0 unspecified atom stereocenters. The summed E-state index contributed by atoms with van der Waals surface area (Å²) in [5.74, 6) is 0.269. The first-order valence-corrected chi connectivity index (χ1v) is 5.81. The summed E-state index contributed by atoms with van der Waals surface area (Å²) in [5.41, 5.74) is 0.667. The Hall–Kier alpha value is -1.07. The Morgan fingerprint density at radius 1 is 1.27 bits per heavy atom. The molecule has 15 heavy (non-hydrogen) atoms. The van der Waals surface area contributed by atoms with Crippen molar-refractivity contribution in [2.45, 2.75) is 4.90 Å². The van der Waals surface area contributed by atoms with Crippen molar-refractivity contribution in [3.8, 4) is 0 Å². The zero-order chi connectivity index (χ0) is 10.8. The van der Waals surface area contributed by atoms with Crippen LogP contribution in [0.4, 0.5) is 0 Å². The SMILES string of the molecule is COC(=[NH2+])c1ccc(S(C)(=O)=O)cc1.[Cl-]. The van der Waals surface area contributed by atoms with Gasteiger partial charge in [-0.05, 0) is 24.3 Å². The van der Waals surface area contributed by atoms with Crippen molar-refractivity contribution in [2.75, 3.05) is 13.4 Å². The van der Waals surface area contributed by atoms with Crippen molar-refractivity contribution in [1.82, 2.24) is 0 Å². The highest BCUT2D eigenvalue weighted by molar-refractivity contribution is 7.90. The van der Waals surface area contributed by atoms with Crippen molar-refractivity contribution in [2.24, 2.45) is 0 Å². The highest BCUT2D eigenvalue weighted by Crippen LogP contribution is 2.09. The first kappa shape index (κ1) is 13.9. The Labute approximate surface area is 95.1 Å². The minimum atomic E-state index is -3.14. The van der Waals surface area contributed by atoms with E-state index in [-0.39, 0.29) is 23.2 Å². The molecule has 0 amide bonds. The average molecular weight is 250 g/mol. The van der Waals surface area contributed by atoms with Gasteiger partial charge in [0.15, 0.2) is 9.84 Å². The molecule has 0 saturated carbocycles. The lowest BCUT2D eigenvalue weighted by atomic mass is 10.2. The molecule has 0 bridgehead atoms. The molecular formula is C9H12ClNO3S. The number of benzene rings is 1. The van der Waals surface area contributed by atoms with Gasteiger partial charge in [0.2, 0.25) is 0 Å².